The fourth-order valence-electron chi connectivity index (χ4n) is 4.33. The Hall–Kier alpha value is -3.71. The van der Waals surface area contributed by atoms with Gasteiger partial charge in [-0.25, -0.2) is 4.79 Å². The Morgan fingerprint density at radius 1 is 1.03 bits per heavy atom. The van der Waals surface area contributed by atoms with E-state index in [0.29, 0.717) is 34.4 Å². The monoisotopic (exact) mass is 531 g/mol. The first-order chi connectivity index (χ1) is 17.0. The van der Waals surface area contributed by atoms with Crippen molar-refractivity contribution in [1.82, 2.24) is 0 Å². The Labute approximate surface area is 210 Å². The van der Waals surface area contributed by atoms with Crippen molar-refractivity contribution in [2.24, 2.45) is 0 Å². The molecule has 2 heterocycles. The van der Waals surface area contributed by atoms with E-state index in [1.54, 1.807) is 53.4 Å². The van der Waals surface area contributed by atoms with Crippen LogP contribution in [0.15, 0.2) is 86.5 Å². The summed E-state index contributed by atoms with van der Waals surface area (Å²) in [4.78, 5) is 41.1. The first kappa shape index (κ1) is 23.1. The molecule has 1 amide bonds. The van der Waals surface area contributed by atoms with Gasteiger partial charge in [0.2, 0.25) is 5.76 Å². The summed E-state index contributed by atoms with van der Waals surface area (Å²) in [5.41, 5.74) is 2.13. The van der Waals surface area contributed by atoms with Crippen LogP contribution < -0.4 is 10.3 Å². The number of esters is 1. The molecule has 176 valence electrons. The maximum Gasteiger partial charge on any atom is 0.338 e. The van der Waals surface area contributed by atoms with Gasteiger partial charge in [-0.05, 0) is 60.5 Å². The summed E-state index contributed by atoms with van der Waals surface area (Å²) in [6.45, 7) is 2.39. The van der Waals surface area contributed by atoms with Gasteiger partial charge in [-0.2, -0.15) is 0 Å². The van der Waals surface area contributed by atoms with Gasteiger partial charge < -0.3 is 9.15 Å². The molecule has 0 saturated carbocycles. The molecule has 0 spiro atoms. The molecule has 3 aromatic carbocycles. The Kier molecular flexibility index (Phi) is 6.26. The van der Waals surface area contributed by atoms with Crippen molar-refractivity contribution in [3.05, 3.63) is 110 Å². The Bertz CT molecular complexity index is 1490. The molecule has 0 N–H and O–H groups in total. The molecule has 1 aromatic heterocycles. The predicted molar refractivity (Wildman–Crippen MR) is 137 cm³/mol. The van der Waals surface area contributed by atoms with Gasteiger partial charge in [-0.15, -0.1) is 0 Å². The highest BCUT2D eigenvalue weighted by Gasteiger charge is 2.43. The topological polar surface area (TPSA) is 76.8 Å². The van der Waals surface area contributed by atoms with Crippen molar-refractivity contribution in [3.63, 3.8) is 0 Å². The van der Waals surface area contributed by atoms with Gasteiger partial charge in [0.1, 0.15) is 5.58 Å². The number of halogens is 1. The maximum absolute atomic E-state index is 13.6. The summed E-state index contributed by atoms with van der Waals surface area (Å²) in [6.07, 6.45) is 1.73. The van der Waals surface area contributed by atoms with Crippen LogP contribution in [-0.2, 0) is 4.74 Å². The maximum atomic E-state index is 13.6. The third kappa shape index (κ3) is 4.17. The zero-order valence-electron chi connectivity index (χ0n) is 19.0. The number of hydrogen-bond donors (Lipinski definition) is 0. The SMILES string of the molecule is CCCCOC(=O)c1ccc(N2C(=O)c3oc4ccccc4c(=O)c3C2c2cccc(Br)c2)cc1. The number of fused-ring (bicyclic) bond motifs is 2. The second-order valence-electron chi connectivity index (χ2n) is 8.34. The van der Waals surface area contributed by atoms with E-state index in [2.05, 4.69) is 15.9 Å². The van der Waals surface area contributed by atoms with Crippen LogP contribution in [0.5, 0.6) is 0 Å². The van der Waals surface area contributed by atoms with Crippen LogP contribution >= 0.6 is 15.9 Å². The number of para-hydroxylation sites is 1. The van der Waals surface area contributed by atoms with Crippen LogP contribution in [0.4, 0.5) is 5.69 Å². The minimum atomic E-state index is -0.682. The molecule has 6 nitrogen and oxygen atoms in total. The van der Waals surface area contributed by atoms with E-state index < -0.39 is 17.9 Å². The van der Waals surface area contributed by atoms with Crippen LogP contribution in [0.3, 0.4) is 0 Å². The van der Waals surface area contributed by atoms with E-state index >= 15 is 0 Å². The number of rotatable bonds is 6. The van der Waals surface area contributed by atoms with Crippen molar-refractivity contribution < 1.29 is 18.7 Å². The molecule has 5 rings (SSSR count). The number of carbonyl (C=O) groups excluding carboxylic acids is 2. The molecule has 0 fully saturated rings. The lowest BCUT2D eigenvalue weighted by Crippen LogP contribution is -2.29. The zero-order valence-corrected chi connectivity index (χ0v) is 20.6. The summed E-state index contributed by atoms with van der Waals surface area (Å²) in [7, 11) is 0. The molecule has 1 aliphatic heterocycles. The highest BCUT2D eigenvalue weighted by atomic mass is 79.9. The Morgan fingerprint density at radius 3 is 2.54 bits per heavy atom. The van der Waals surface area contributed by atoms with Crippen molar-refractivity contribution in [2.45, 2.75) is 25.8 Å². The fourth-order valence-corrected chi connectivity index (χ4v) is 4.75. The summed E-state index contributed by atoms with van der Waals surface area (Å²) in [5.74, 6) is -0.791. The second-order valence-corrected chi connectivity index (χ2v) is 9.25. The predicted octanol–water partition coefficient (Wildman–Crippen LogP) is 6.26. The van der Waals surface area contributed by atoms with Crippen molar-refractivity contribution in [3.8, 4) is 0 Å². The van der Waals surface area contributed by atoms with Crippen LogP contribution in [0.1, 0.15) is 57.8 Å². The van der Waals surface area contributed by atoms with E-state index in [-0.39, 0.29) is 11.2 Å². The number of hydrogen-bond acceptors (Lipinski definition) is 5. The molecular formula is C28H22BrNO5. The van der Waals surface area contributed by atoms with Gasteiger partial charge >= 0.3 is 5.97 Å². The first-order valence-corrected chi connectivity index (χ1v) is 12.2. The Morgan fingerprint density at radius 2 is 1.80 bits per heavy atom. The molecule has 1 atom stereocenters. The molecule has 0 aliphatic carbocycles. The minimum Gasteiger partial charge on any atom is -0.462 e. The van der Waals surface area contributed by atoms with Gasteiger partial charge in [0.25, 0.3) is 5.91 Å². The quantitative estimate of drug-likeness (QED) is 0.216. The normalized spacial score (nSPS) is 14.9. The largest absolute Gasteiger partial charge is 0.462 e. The number of amides is 1. The van der Waals surface area contributed by atoms with Gasteiger partial charge in [0.15, 0.2) is 5.43 Å². The number of ether oxygens (including phenoxy) is 1. The smallest absolute Gasteiger partial charge is 0.338 e. The molecule has 7 heteroatoms. The third-order valence-corrected chi connectivity index (χ3v) is 6.55. The number of carbonyl (C=O) groups is 2. The zero-order chi connectivity index (χ0) is 24.5. The lowest BCUT2D eigenvalue weighted by atomic mass is 9.98. The van der Waals surface area contributed by atoms with E-state index in [1.165, 1.54) is 0 Å². The lowest BCUT2D eigenvalue weighted by molar-refractivity contribution is 0.0499. The Balaban J connectivity index is 1.61. The average Bonchev–Trinajstić information content (AvgIpc) is 3.17. The van der Waals surface area contributed by atoms with Crippen molar-refractivity contribution in [2.75, 3.05) is 11.5 Å². The summed E-state index contributed by atoms with van der Waals surface area (Å²) in [5, 5.41) is 0.422. The first-order valence-electron chi connectivity index (χ1n) is 11.4. The van der Waals surface area contributed by atoms with E-state index in [0.717, 1.165) is 22.9 Å². The van der Waals surface area contributed by atoms with E-state index in [1.807, 2.05) is 31.2 Å². The molecule has 1 unspecified atom stereocenters. The number of nitrogens with zero attached hydrogens (tertiary/aromatic N) is 1. The van der Waals surface area contributed by atoms with Crippen molar-refractivity contribution >= 4 is 44.5 Å². The van der Waals surface area contributed by atoms with Gasteiger partial charge in [0, 0.05) is 10.2 Å². The van der Waals surface area contributed by atoms with Crippen LogP contribution in [-0.4, -0.2) is 18.5 Å². The minimum absolute atomic E-state index is 0.0294. The molecule has 0 saturated heterocycles. The van der Waals surface area contributed by atoms with Crippen molar-refractivity contribution in [1.29, 1.82) is 0 Å². The molecule has 0 radical (unpaired) electrons. The van der Waals surface area contributed by atoms with Crippen LogP contribution in [0, 0.1) is 0 Å². The fraction of sp³-hybridized carbons (Fsp3) is 0.179. The molecule has 4 aromatic rings. The molecule has 1 aliphatic rings. The van der Waals surface area contributed by atoms with Crippen LogP contribution in [0.25, 0.3) is 11.0 Å². The summed E-state index contributed by atoms with van der Waals surface area (Å²) in [6, 6.07) is 20.4. The van der Waals surface area contributed by atoms with Crippen LogP contribution in [0.2, 0.25) is 0 Å². The van der Waals surface area contributed by atoms with E-state index in [4.69, 9.17) is 9.15 Å². The highest BCUT2D eigenvalue weighted by Crippen LogP contribution is 2.41. The highest BCUT2D eigenvalue weighted by molar-refractivity contribution is 9.10. The average molecular weight is 532 g/mol. The molecule has 0 bridgehead atoms. The lowest BCUT2D eigenvalue weighted by Gasteiger charge is -2.25. The summed E-state index contributed by atoms with van der Waals surface area (Å²) < 4.78 is 12.1. The second kappa shape index (κ2) is 9.50. The third-order valence-electron chi connectivity index (χ3n) is 6.05. The van der Waals surface area contributed by atoms with Gasteiger partial charge in [0.05, 0.1) is 29.2 Å². The van der Waals surface area contributed by atoms with Gasteiger partial charge in [-0.3, -0.25) is 14.5 Å². The summed E-state index contributed by atoms with van der Waals surface area (Å²) >= 11 is 3.49. The van der Waals surface area contributed by atoms with Gasteiger partial charge in [-0.1, -0.05) is 53.5 Å². The van der Waals surface area contributed by atoms with E-state index in [9.17, 15) is 14.4 Å². The standard InChI is InChI=1S/C28H22BrNO5/c1-2-3-15-34-28(33)17-11-13-20(14-12-17)30-24(18-7-6-8-19(29)16-18)23-25(31)21-9-4-5-10-22(21)35-26(23)27(30)32/h4-14,16,24H,2-3,15H2,1H3. The molecular weight excluding hydrogens is 510 g/mol. The number of benzene rings is 3. The number of anilines is 1. The number of unbranched alkanes of at least 4 members (excludes halogenated alkanes) is 1. The molecule has 35 heavy (non-hydrogen) atoms.